The number of carbonyl (C=O) groups is 1. The van der Waals surface area contributed by atoms with Crippen LogP contribution in [0, 0.1) is 5.92 Å². The van der Waals surface area contributed by atoms with Crippen LogP contribution in [0.4, 0.5) is 5.82 Å². The van der Waals surface area contributed by atoms with Crippen molar-refractivity contribution in [1.29, 1.82) is 0 Å². The molecular formula is C26H34N6O2. The van der Waals surface area contributed by atoms with Crippen molar-refractivity contribution < 1.29 is 4.79 Å². The van der Waals surface area contributed by atoms with E-state index in [1.807, 2.05) is 30.0 Å². The van der Waals surface area contributed by atoms with Crippen LogP contribution < -0.4 is 15.8 Å². The second-order valence-corrected chi connectivity index (χ2v) is 8.98. The zero-order valence-corrected chi connectivity index (χ0v) is 20.1. The van der Waals surface area contributed by atoms with Gasteiger partial charge in [0, 0.05) is 38.9 Å². The molecule has 1 aliphatic heterocycles. The van der Waals surface area contributed by atoms with Gasteiger partial charge < -0.3 is 15.1 Å². The number of carbonyl (C=O) groups excluding carboxylic acids is 1. The molecule has 4 rings (SSSR count). The predicted molar refractivity (Wildman–Crippen MR) is 135 cm³/mol. The molecule has 8 nitrogen and oxygen atoms in total. The fourth-order valence-corrected chi connectivity index (χ4v) is 4.62. The van der Waals surface area contributed by atoms with Gasteiger partial charge in [0.05, 0.1) is 5.92 Å². The molecule has 1 saturated heterocycles. The minimum absolute atomic E-state index is 0.0636. The number of rotatable bonds is 9. The van der Waals surface area contributed by atoms with Gasteiger partial charge in [0.15, 0.2) is 11.5 Å². The van der Waals surface area contributed by atoms with Crippen LogP contribution in [0.25, 0.3) is 11.2 Å². The first-order chi connectivity index (χ1) is 16.6. The van der Waals surface area contributed by atoms with Crippen molar-refractivity contribution in [2.24, 2.45) is 5.92 Å². The van der Waals surface area contributed by atoms with Crippen LogP contribution in [0.1, 0.15) is 31.7 Å². The van der Waals surface area contributed by atoms with Crippen molar-refractivity contribution in [2.45, 2.75) is 39.3 Å². The third-order valence-electron chi connectivity index (χ3n) is 6.40. The maximum absolute atomic E-state index is 13.1. The van der Waals surface area contributed by atoms with Crippen LogP contribution >= 0.6 is 0 Å². The number of anilines is 1. The van der Waals surface area contributed by atoms with E-state index in [9.17, 15) is 9.59 Å². The van der Waals surface area contributed by atoms with E-state index in [0.717, 1.165) is 38.9 Å². The Morgan fingerprint density at radius 2 is 2.03 bits per heavy atom. The SMILES string of the molecule is CCn1c(=O)c(N2CCC[C@H](C(=O)NCCCN(C)Cc3ccccc3)C2)nc2cccnc21. The van der Waals surface area contributed by atoms with Crippen molar-refractivity contribution in [1.82, 2.24) is 24.8 Å². The van der Waals surface area contributed by atoms with E-state index in [0.29, 0.717) is 36.6 Å². The monoisotopic (exact) mass is 462 g/mol. The Morgan fingerprint density at radius 1 is 1.21 bits per heavy atom. The number of pyridine rings is 1. The lowest BCUT2D eigenvalue weighted by Gasteiger charge is -2.32. The third-order valence-corrected chi connectivity index (χ3v) is 6.40. The zero-order valence-electron chi connectivity index (χ0n) is 20.1. The number of hydrogen-bond acceptors (Lipinski definition) is 6. The third kappa shape index (κ3) is 5.62. The Balaban J connectivity index is 1.32. The molecular weight excluding hydrogens is 428 g/mol. The molecule has 180 valence electrons. The van der Waals surface area contributed by atoms with E-state index in [-0.39, 0.29) is 17.4 Å². The highest BCUT2D eigenvalue weighted by Gasteiger charge is 2.28. The summed E-state index contributed by atoms with van der Waals surface area (Å²) in [5.41, 5.74) is 2.44. The first-order valence-electron chi connectivity index (χ1n) is 12.2. The van der Waals surface area contributed by atoms with Crippen LogP contribution in [-0.2, 0) is 17.9 Å². The summed E-state index contributed by atoms with van der Waals surface area (Å²) in [4.78, 5) is 39.2. The zero-order chi connectivity index (χ0) is 23.9. The van der Waals surface area contributed by atoms with Gasteiger partial charge in [-0.15, -0.1) is 0 Å². The largest absolute Gasteiger partial charge is 0.356 e. The molecule has 3 aromatic rings. The maximum atomic E-state index is 13.1. The first kappa shape index (κ1) is 23.9. The van der Waals surface area contributed by atoms with Crippen LogP contribution in [0.2, 0.25) is 0 Å². The first-order valence-corrected chi connectivity index (χ1v) is 12.2. The van der Waals surface area contributed by atoms with Gasteiger partial charge in [0.25, 0.3) is 5.56 Å². The second kappa shape index (κ2) is 11.2. The van der Waals surface area contributed by atoms with Gasteiger partial charge in [-0.05, 0) is 57.5 Å². The van der Waals surface area contributed by atoms with Crippen molar-refractivity contribution >= 4 is 22.9 Å². The van der Waals surface area contributed by atoms with Crippen LogP contribution in [0.3, 0.4) is 0 Å². The summed E-state index contributed by atoms with van der Waals surface area (Å²) in [5.74, 6) is 0.341. The summed E-state index contributed by atoms with van der Waals surface area (Å²) >= 11 is 0. The van der Waals surface area contributed by atoms with Gasteiger partial charge in [-0.2, -0.15) is 0 Å². The Hall–Kier alpha value is -3.26. The summed E-state index contributed by atoms with van der Waals surface area (Å²) in [6.45, 7) is 6.16. The Kier molecular flexibility index (Phi) is 7.90. The van der Waals surface area contributed by atoms with E-state index in [4.69, 9.17) is 0 Å². The Morgan fingerprint density at radius 3 is 2.82 bits per heavy atom. The summed E-state index contributed by atoms with van der Waals surface area (Å²) in [6.07, 6.45) is 4.26. The molecule has 1 atom stereocenters. The summed E-state index contributed by atoms with van der Waals surface area (Å²) < 4.78 is 1.66. The fraction of sp³-hybridized carbons (Fsp3) is 0.462. The second-order valence-electron chi connectivity index (χ2n) is 8.98. The van der Waals surface area contributed by atoms with Crippen LogP contribution in [0.5, 0.6) is 0 Å². The number of piperidine rings is 1. The average molecular weight is 463 g/mol. The molecule has 0 radical (unpaired) electrons. The van der Waals surface area contributed by atoms with Gasteiger partial charge in [0.1, 0.15) is 5.52 Å². The molecule has 0 saturated carbocycles. The Labute approximate surface area is 200 Å². The lowest BCUT2D eigenvalue weighted by atomic mass is 9.97. The number of fused-ring (bicyclic) bond motifs is 1. The number of nitrogens with one attached hydrogen (secondary N) is 1. The molecule has 0 spiro atoms. The van der Waals surface area contributed by atoms with Crippen molar-refractivity contribution in [3.8, 4) is 0 Å². The van der Waals surface area contributed by atoms with Crippen LogP contribution in [0.15, 0.2) is 53.5 Å². The van der Waals surface area contributed by atoms with Crippen molar-refractivity contribution in [3.63, 3.8) is 0 Å². The predicted octanol–water partition coefficient (Wildman–Crippen LogP) is 2.67. The molecule has 1 amide bonds. The molecule has 1 N–H and O–H groups in total. The number of aryl methyl sites for hydroxylation is 1. The summed E-state index contributed by atoms with van der Waals surface area (Å²) in [6, 6.07) is 14.1. The molecule has 34 heavy (non-hydrogen) atoms. The molecule has 3 heterocycles. The molecule has 1 fully saturated rings. The highest BCUT2D eigenvalue weighted by atomic mass is 16.2. The molecule has 1 aromatic carbocycles. The Bertz CT molecular complexity index is 1160. The van der Waals surface area contributed by atoms with E-state index < -0.39 is 0 Å². The van der Waals surface area contributed by atoms with Gasteiger partial charge in [-0.25, -0.2) is 9.97 Å². The molecule has 0 bridgehead atoms. The minimum Gasteiger partial charge on any atom is -0.356 e. The van der Waals surface area contributed by atoms with Crippen molar-refractivity contribution in [2.75, 3.05) is 38.1 Å². The van der Waals surface area contributed by atoms with E-state index in [1.54, 1.807) is 10.8 Å². The quantitative estimate of drug-likeness (QED) is 0.493. The van der Waals surface area contributed by atoms with Gasteiger partial charge in [-0.1, -0.05) is 30.3 Å². The van der Waals surface area contributed by atoms with Crippen molar-refractivity contribution in [3.05, 3.63) is 64.6 Å². The lowest BCUT2D eigenvalue weighted by molar-refractivity contribution is -0.125. The maximum Gasteiger partial charge on any atom is 0.295 e. The van der Waals surface area contributed by atoms with E-state index in [2.05, 4.69) is 51.5 Å². The number of hydrogen-bond donors (Lipinski definition) is 1. The van der Waals surface area contributed by atoms with E-state index >= 15 is 0 Å². The highest BCUT2D eigenvalue weighted by Crippen LogP contribution is 2.21. The fourth-order valence-electron chi connectivity index (χ4n) is 4.62. The molecule has 0 aliphatic carbocycles. The summed E-state index contributed by atoms with van der Waals surface area (Å²) in [7, 11) is 2.10. The number of amides is 1. The van der Waals surface area contributed by atoms with Crippen LogP contribution in [-0.4, -0.2) is 58.6 Å². The average Bonchev–Trinajstić information content (AvgIpc) is 2.87. The van der Waals surface area contributed by atoms with Gasteiger partial charge >= 0.3 is 0 Å². The standard InChI is InChI=1S/C26H34N6O2/c1-3-32-23-22(13-7-14-27-23)29-24(26(32)34)31-17-8-12-21(19-31)25(33)28-15-9-16-30(2)18-20-10-5-4-6-11-20/h4-7,10-11,13-14,21H,3,8-9,12,15-19H2,1-2H3,(H,28,33)/t21-/m0/s1. The van der Waals surface area contributed by atoms with Gasteiger partial charge in [-0.3, -0.25) is 14.2 Å². The summed E-state index contributed by atoms with van der Waals surface area (Å²) in [5, 5.41) is 3.10. The topological polar surface area (TPSA) is 83.4 Å². The smallest absolute Gasteiger partial charge is 0.295 e. The number of nitrogens with zero attached hydrogens (tertiary/aromatic N) is 5. The lowest BCUT2D eigenvalue weighted by Crippen LogP contribution is -2.46. The normalized spacial score (nSPS) is 16.2. The molecule has 1 aliphatic rings. The molecule has 8 heteroatoms. The number of aromatic nitrogens is 3. The molecule has 2 aromatic heterocycles. The van der Waals surface area contributed by atoms with Gasteiger partial charge in [0.2, 0.25) is 5.91 Å². The minimum atomic E-state index is -0.142. The highest BCUT2D eigenvalue weighted by molar-refractivity contribution is 5.79. The molecule has 0 unspecified atom stereocenters. The van der Waals surface area contributed by atoms with E-state index in [1.165, 1.54) is 5.56 Å². The number of benzene rings is 1.